The molecule has 4 heteroatoms. The second-order valence-corrected chi connectivity index (χ2v) is 6.33. The fourth-order valence-electron chi connectivity index (χ4n) is 3.31. The van der Waals surface area contributed by atoms with Crippen LogP contribution in [-0.2, 0) is 0 Å². The highest BCUT2D eigenvalue weighted by molar-refractivity contribution is 7.17. The van der Waals surface area contributed by atoms with Gasteiger partial charge in [-0.15, -0.1) is 11.3 Å². The van der Waals surface area contributed by atoms with Crippen LogP contribution in [0.4, 0.5) is 5.82 Å². The molecule has 2 aromatic heterocycles. The van der Waals surface area contributed by atoms with Crippen LogP contribution in [0.1, 0.15) is 12.8 Å². The topological polar surface area (TPSA) is 28.2 Å². The SMILES string of the molecule is c1cc2sccc2c(NC2CN3CCC2CC3)n1. The number of rotatable bonds is 2. The van der Waals surface area contributed by atoms with Crippen LogP contribution >= 0.6 is 11.3 Å². The molecule has 0 aromatic carbocycles. The maximum atomic E-state index is 4.53. The Balaban J connectivity index is 1.62. The molecule has 1 N–H and O–H groups in total. The summed E-state index contributed by atoms with van der Waals surface area (Å²) in [5.74, 6) is 1.91. The highest BCUT2D eigenvalue weighted by Crippen LogP contribution is 2.32. The molecule has 0 aliphatic carbocycles. The van der Waals surface area contributed by atoms with Crippen LogP contribution in [0.25, 0.3) is 10.1 Å². The number of thiophene rings is 1. The Morgan fingerprint density at radius 2 is 2.17 bits per heavy atom. The van der Waals surface area contributed by atoms with Crippen LogP contribution < -0.4 is 5.32 Å². The van der Waals surface area contributed by atoms with Gasteiger partial charge >= 0.3 is 0 Å². The van der Waals surface area contributed by atoms with E-state index >= 15 is 0 Å². The predicted octanol–water partition coefficient (Wildman–Crippen LogP) is 2.80. The lowest BCUT2D eigenvalue weighted by Gasteiger charge is -2.45. The molecular formula is C14H17N3S. The van der Waals surface area contributed by atoms with Crippen molar-refractivity contribution in [3.63, 3.8) is 0 Å². The van der Waals surface area contributed by atoms with Crippen molar-refractivity contribution in [3.05, 3.63) is 23.7 Å². The lowest BCUT2D eigenvalue weighted by Crippen LogP contribution is -2.53. The zero-order chi connectivity index (χ0) is 11.9. The summed E-state index contributed by atoms with van der Waals surface area (Å²) in [5.41, 5.74) is 0. The monoisotopic (exact) mass is 259 g/mol. The first-order valence-corrected chi connectivity index (χ1v) is 7.59. The Morgan fingerprint density at radius 3 is 2.94 bits per heavy atom. The van der Waals surface area contributed by atoms with E-state index in [1.165, 1.54) is 42.6 Å². The summed E-state index contributed by atoms with van der Waals surface area (Å²) in [6.45, 7) is 3.77. The van der Waals surface area contributed by atoms with Crippen LogP contribution in [0.5, 0.6) is 0 Å². The van der Waals surface area contributed by atoms with E-state index < -0.39 is 0 Å². The third kappa shape index (κ3) is 1.71. The van der Waals surface area contributed by atoms with Crippen LogP contribution in [0.2, 0.25) is 0 Å². The highest BCUT2D eigenvalue weighted by atomic mass is 32.1. The number of fused-ring (bicyclic) bond motifs is 4. The molecule has 3 aliphatic rings. The van der Waals surface area contributed by atoms with Crippen LogP contribution in [0, 0.1) is 5.92 Å². The number of aromatic nitrogens is 1. The lowest BCUT2D eigenvalue weighted by atomic mass is 9.84. The lowest BCUT2D eigenvalue weighted by molar-refractivity contribution is 0.0974. The molecule has 3 fully saturated rings. The molecule has 2 bridgehead atoms. The first-order chi connectivity index (χ1) is 8.90. The molecule has 0 amide bonds. The quantitative estimate of drug-likeness (QED) is 0.899. The van der Waals surface area contributed by atoms with Crippen LogP contribution in [-0.4, -0.2) is 35.6 Å². The summed E-state index contributed by atoms with van der Waals surface area (Å²) in [6, 6.07) is 4.86. The number of nitrogens with zero attached hydrogens (tertiary/aromatic N) is 2. The van der Waals surface area contributed by atoms with Gasteiger partial charge in [-0.1, -0.05) is 0 Å². The molecule has 5 rings (SSSR count). The van der Waals surface area contributed by atoms with Crippen molar-refractivity contribution in [3.8, 4) is 0 Å². The predicted molar refractivity (Wildman–Crippen MR) is 76.2 cm³/mol. The molecule has 1 unspecified atom stereocenters. The van der Waals surface area contributed by atoms with Crippen LogP contribution in [0.3, 0.4) is 0 Å². The van der Waals surface area contributed by atoms with E-state index in [0.717, 1.165) is 11.7 Å². The Morgan fingerprint density at radius 1 is 1.28 bits per heavy atom. The highest BCUT2D eigenvalue weighted by Gasteiger charge is 2.34. The summed E-state index contributed by atoms with van der Waals surface area (Å²) in [7, 11) is 0. The molecular weight excluding hydrogens is 242 g/mol. The summed E-state index contributed by atoms with van der Waals surface area (Å²) in [6.07, 6.45) is 4.61. The Kier molecular flexibility index (Phi) is 2.52. The molecule has 0 spiro atoms. The van der Waals surface area contributed by atoms with Crippen molar-refractivity contribution in [2.24, 2.45) is 5.92 Å². The van der Waals surface area contributed by atoms with Crippen molar-refractivity contribution in [2.45, 2.75) is 18.9 Å². The summed E-state index contributed by atoms with van der Waals surface area (Å²) < 4.78 is 1.33. The minimum atomic E-state index is 0.588. The molecule has 18 heavy (non-hydrogen) atoms. The third-order valence-corrected chi connectivity index (χ3v) is 5.24. The molecule has 1 atom stereocenters. The molecule has 2 aromatic rings. The summed E-state index contributed by atoms with van der Waals surface area (Å²) >= 11 is 1.79. The zero-order valence-electron chi connectivity index (χ0n) is 10.3. The number of nitrogens with one attached hydrogen (secondary N) is 1. The second-order valence-electron chi connectivity index (χ2n) is 5.38. The largest absolute Gasteiger partial charge is 0.365 e. The number of piperidine rings is 3. The maximum Gasteiger partial charge on any atom is 0.134 e. The van der Waals surface area contributed by atoms with E-state index in [1.54, 1.807) is 11.3 Å². The molecule has 0 radical (unpaired) electrons. The van der Waals surface area contributed by atoms with Gasteiger partial charge in [-0.05, 0) is 49.4 Å². The van der Waals surface area contributed by atoms with Gasteiger partial charge in [-0.3, -0.25) is 0 Å². The van der Waals surface area contributed by atoms with Crippen molar-refractivity contribution in [1.29, 1.82) is 0 Å². The van der Waals surface area contributed by atoms with E-state index in [2.05, 4.69) is 32.7 Å². The Hall–Kier alpha value is -1.13. The molecule has 3 nitrogen and oxygen atoms in total. The van der Waals surface area contributed by atoms with Crippen molar-refractivity contribution >= 4 is 27.2 Å². The van der Waals surface area contributed by atoms with Gasteiger partial charge in [0, 0.05) is 28.9 Å². The average molecular weight is 259 g/mol. The maximum absolute atomic E-state index is 4.53. The smallest absolute Gasteiger partial charge is 0.134 e. The number of hydrogen-bond acceptors (Lipinski definition) is 4. The molecule has 5 heterocycles. The molecule has 0 saturated carbocycles. The zero-order valence-corrected chi connectivity index (χ0v) is 11.1. The van der Waals surface area contributed by atoms with Crippen molar-refractivity contribution in [2.75, 3.05) is 25.0 Å². The Labute approximate surface area is 111 Å². The third-order valence-electron chi connectivity index (χ3n) is 4.36. The molecule has 3 saturated heterocycles. The van der Waals surface area contributed by atoms with Gasteiger partial charge in [0.2, 0.25) is 0 Å². The number of anilines is 1. The van der Waals surface area contributed by atoms with Gasteiger partial charge in [0.15, 0.2) is 0 Å². The number of pyridine rings is 1. The van der Waals surface area contributed by atoms with Crippen molar-refractivity contribution < 1.29 is 0 Å². The van der Waals surface area contributed by atoms with Gasteiger partial charge in [0.1, 0.15) is 5.82 Å². The van der Waals surface area contributed by atoms with Gasteiger partial charge in [-0.25, -0.2) is 4.98 Å². The van der Waals surface area contributed by atoms with E-state index in [-0.39, 0.29) is 0 Å². The van der Waals surface area contributed by atoms with E-state index in [9.17, 15) is 0 Å². The second kappa shape index (κ2) is 4.21. The normalized spacial score (nSPS) is 30.8. The minimum Gasteiger partial charge on any atom is -0.365 e. The molecule has 94 valence electrons. The average Bonchev–Trinajstić information content (AvgIpc) is 2.90. The fourth-order valence-corrected chi connectivity index (χ4v) is 4.10. The fraction of sp³-hybridized carbons (Fsp3) is 0.500. The van der Waals surface area contributed by atoms with E-state index in [1.807, 2.05) is 6.20 Å². The minimum absolute atomic E-state index is 0.588. The standard InChI is InChI=1S/C14H17N3S/c1-5-15-14(11-4-8-18-13(1)11)16-12-9-17-6-2-10(12)3-7-17/h1,4-5,8,10,12H,2-3,6-7,9H2,(H,15,16). The van der Waals surface area contributed by atoms with Crippen LogP contribution in [0.15, 0.2) is 23.7 Å². The summed E-state index contributed by atoms with van der Waals surface area (Å²) in [4.78, 5) is 7.11. The van der Waals surface area contributed by atoms with Gasteiger partial charge in [0.25, 0.3) is 0 Å². The summed E-state index contributed by atoms with van der Waals surface area (Å²) in [5, 5.41) is 7.12. The molecule has 3 aliphatic heterocycles. The van der Waals surface area contributed by atoms with Gasteiger partial charge in [0.05, 0.1) is 0 Å². The van der Waals surface area contributed by atoms with E-state index in [0.29, 0.717) is 6.04 Å². The van der Waals surface area contributed by atoms with Crippen molar-refractivity contribution in [1.82, 2.24) is 9.88 Å². The van der Waals surface area contributed by atoms with Gasteiger partial charge in [-0.2, -0.15) is 0 Å². The Bertz CT molecular complexity index is 557. The van der Waals surface area contributed by atoms with Gasteiger partial charge < -0.3 is 10.2 Å². The first kappa shape index (κ1) is 10.8. The number of hydrogen-bond donors (Lipinski definition) is 1. The first-order valence-electron chi connectivity index (χ1n) is 6.71. The van der Waals surface area contributed by atoms with E-state index in [4.69, 9.17) is 0 Å².